The number of aliphatic hydroxyl groups is 1. The van der Waals surface area contributed by atoms with E-state index in [0.29, 0.717) is 12.8 Å². The fourth-order valence-electron chi connectivity index (χ4n) is 2.61. The Morgan fingerprint density at radius 3 is 2.62 bits per heavy atom. The summed E-state index contributed by atoms with van der Waals surface area (Å²) in [6.07, 6.45) is 5.39. The van der Waals surface area contributed by atoms with Gasteiger partial charge in [0.05, 0.1) is 22.6 Å². The van der Waals surface area contributed by atoms with E-state index in [1.165, 1.54) is 0 Å². The van der Waals surface area contributed by atoms with Gasteiger partial charge in [0.15, 0.2) is 0 Å². The second-order valence-electron chi connectivity index (χ2n) is 5.28. The van der Waals surface area contributed by atoms with Gasteiger partial charge in [0.1, 0.15) is 0 Å². The van der Waals surface area contributed by atoms with E-state index in [1.807, 2.05) is 0 Å². The Hall–Kier alpha value is -2.22. The summed E-state index contributed by atoms with van der Waals surface area (Å²) < 4.78 is 0. The Morgan fingerprint density at radius 2 is 2.10 bits per heavy atom. The van der Waals surface area contributed by atoms with Crippen LogP contribution in [0, 0.1) is 10.1 Å². The highest BCUT2D eigenvalue weighted by Crippen LogP contribution is 2.33. The van der Waals surface area contributed by atoms with Crippen molar-refractivity contribution >= 4 is 17.5 Å². The molecule has 1 fully saturated rings. The zero-order valence-electron chi connectivity index (χ0n) is 11.4. The summed E-state index contributed by atoms with van der Waals surface area (Å²) in [5.74, 6) is -1.27. The summed E-state index contributed by atoms with van der Waals surface area (Å²) in [7, 11) is 0. The molecule has 0 aliphatic heterocycles. The molecule has 0 amide bonds. The van der Waals surface area contributed by atoms with Crippen molar-refractivity contribution in [3.8, 4) is 0 Å². The lowest BCUT2D eigenvalue weighted by Crippen LogP contribution is -2.44. The number of carbonyl (C=O) groups is 1. The molecule has 0 spiro atoms. The molecule has 21 heavy (non-hydrogen) atoms. The average molecular weight is 295 g/mol. The third kappa shape index (κ3) is 3.27. The Labute approximate surface area is 121 Å². The first-order valence-electron chi connectivity index (χ1n) is 6.74. The van der Waals surface area contributed by atoms with Gasteiger partial charge in [-0.1, -0.05) is 19.3 Å². The molecular formula is C13H17N3O5. The number of carboxylic acid groups (broad SMARTS) is 1. The SMILES string of the molecule is O=C(O)c1cnc(NC2(CO)CCCCC2)c([N+](=O)[O-])c1. The van der Waals surface area contributed by atoms with Crippen molar-refractivity contribution in [2.75, 3.05) is 11.9 Å². The highest BCUT2D eigenvalue weighted by atomic mass is 16.6. The number of anilines is 1. The zero-order valence-corrected chi connectivity index (χ0v) is 11.4. The molecule has 1 saturated carbocycles. The molecule has 1 aromatic heterocycles. The van der Waals surface area contributed by atoms with Gasteiger partial charge >= 0.3 is 11.7 Å². The quantitative estimate of drug-likeness (QED) is 0.558. The largest absolute Gasteiger partial charge is 0.478 e. The Balaban J connectivity index is 2.34. The average Bonchev–Trinajstić information content (AvgIpc) is 2.48. The van der Waals surface area contributed by atoms with Crippen LogP contribution in [0.25, 0.3) is 0 Å². The molecule has 114 valence electrons. The van der Waals surface area contributed by atoms with Gasteiger partial charge in [0.2, 0.25) is 5.82 Å². The summed E-state index contributed by atoms with van der Waals surface area (Å²) in [6, 6.07) is 0.978. The minimum atomic E-state index is -1.27. The number of nitrogens with zero attached hydrogens (tertiary/aromatic N) is 2. The number of hydrogen-bond donors (Lipinski definition) is 3. The molecule has 0 atom stereocenters. The Morgan fingerprint density at radius 1 is 1.43 bits per heavy atom. The molecule has 1 heterocycles. The maximum atomic E-state index is 11.1. The minimum absolute atomic E-state index is 0.000880. The monoisotopic (exact) mass is 295 g/mol. The maximum Gasteiger partial charge on any atom is 0.337 e. The van der Waals surface area contributed by atoms with Gasteiger partial charge < -0.3 is 15.5 Å². The number of nitro groups is 1. The van der Waals surface area contributed by atoms with Crippen LogP contribution in [-0.4, -0.2) is 38.2 Å². The van der Waals surface area contributed by atoms with E-state index in [4.69, 9.17) is 5.11 Å². The van der Waals surface area contributed by atoms with Gasteiger partial charge in [-0.25, -0.2) is 9.78 Å². The van der Waals surface area contributed by atoms with Crippen LogP contribution in [0.15, 0.2) is 12.3 Å². The number of nitrogens with one attached hydrogen (secondary N) is 1. The van der Waals surface area contributed by atoms with Crippen LogP contribution >= 0.6 is 0 Å². The van der Waals surface area contributed by atoms with Gasteiger partial charge in [-0.05, 0) is 12.8 Å². The summed E-state index contributed by atoms with van der Waals surface area (Å²) in [4.78, 5) is 25.2. The third-order valence-corrected chi connectivity index (χ3v) is 3.81. The maximum absolute atomic E-state index is 11.1. The third-order valence-electron chi connectivity index (χ3n) is 3.81. The lowest BCUT2D eigenvalue weighted by molar-refractivity contribution is -0.384. The fourth-order valence-corrected chi connectivity index (χ4v) is 2.61. The number of pyridine rings is 1. The van der Waals surface area contributed by atoms with E-state index in [9.17, 15) is 20.0 Å². The lowest BCUT2D eigenvalue weighted by Gasteiger charge is -2.36. The molecule has 2 rings (SSSR count). The van der Waals surface area contributed by atoms with E-state index in [0.717, 1.165) is 31.5 Å². The van der Waals surface area contributed by atoms with Gasteiger partial charge in [-0.15, -0.1) is 0 Å². The number of aromatic carboxylic acids is 1. The normalized spacial score (nSPS) is 17.2. The number of aliphatic hydroxyl groups excluding tert-OH is 1. The molecule has 1 aliphatic carbocycles. The van der Waals surface area contributed by atoms with Crippen molar-refractivity contribution in [3.63, 3.8) is 0 Å². The van der Waals surface area contributed by atoms with Gasteiger partial charge in [-0.2, -0.15) is 0 Å². The van der Waals surface area contributed by atoms with Crippen LogP contribution in [0.1, 0.15) is 42.5 Å². The molecule has 1 aliphatic rings. The van der Waals surface area contributed by atoms with Crippen molar-refractivity contribution in [2.45, 2.75) is 37.6 Å². The van der Waals surface area contributed by atoms with Crippen LogP contribution in [-0.2, 0) is 0 Å². The van der Waals surface area contributed by atoms with Crippen LogP contribution in [0.4, 0.5) is 11.5 Å². The highest BCUT2D eigenvalue weighted by molar-refractivity contribution is 5.88. The lowest BCUT2D eigenvalue weighted by atomic mass is 9.82. The van der Waals surface area contributed by atoms with Crippen LogP contribution in [0.3, 0.4) is 0 Å². The minimum Gasteiger partial charge on any atom is -0.478 e. The van der Waals surface area contributed by atoms with Gasteiger partial charge in [-0.3, -0.25) is 10.1 Å². The molecule has 0 aromatic carbocycles. The predicted molar refractivity (Wildman–Crippen MR) is 74.4 cm³/mol. The second-order valence-corrected chi connectivity index (χ2v) is 5.28. The van der Waals surface area contributed by atoms with E-state index in [2.05, 4.69) is 10.3 Å². The van der Waals surface area contributed by atoms with Crippen molar-refractivity contribution < 1.29 is 19.9 Å². The number of hydrogen-bond acceptors (Lipinski definition) is 6. The van der Waals surface area contributed by atoms with Crippen LogP contribution < -0.4 is 5.32 Å². The van der Waals surface area contributed by atoms with E-state index in [1.54, 1.807) is 0 Å². The van der Waals surface area contributed by atoms with Gasteiger partial charge in [0.25, 0.3) is 0 Å². The smallest absolute Gasteiger partial charge is 0.337 e. The number of aromatic nitrogens is 1. The Kier molecular flexibility index (Phi) is 4.37. The van der Waals surface area contributed by atoms with Crippen LogP contribution in [0.2, 0.25) is 0 Å². The fraction of sp³-hybridized carbons (Fsp3) is 0.538. The van der Waals surface area contributed by atoms with Crippen LogP contribution in [0.5, 0.6) is 0 Å². The molecule has 8 nitrogen and oxygen atoms in total. The molecule has 3 N–H and O–H groups in total. The zero-order chi connectivity index (χ0) is 15.5. The van der Waals surface area contributed by atoms with Crippen molar-refractivity contribution in [1.29, 1.82) is 0 Å². The van der Waals surface area contributed by atoms with Crippen molar-refractivity contribution in [3.05, 3.63) is 27.9 Å². The summed E-state index contributed by atoms with van der Waals surface area (Å²) in [6.45, 7) is -0.146. The molecule has 8 heteroatoms. The summed E-state index contributed by atoms with van der Waals surface area (Å²) >= 11 is 0. The molecule has 1 aromatic rings. The van der Waals surface area contributed by atoms with E-state index >= 15 is 0 Å². The van der Waals surface area contributed by atoms with Crippen molar-refractivity contribution in [2.24, 2.45) is 0 Å². The molecule has 0 bridgehead atoms. The van der Waals surface area contributed by atoms with E-state index in [-0.39, 0.29) is 18.0 Å². The summed E-state index contributed by atoms with van der Waals surface area (Å²) in [5, 5.41) is 32.6. The highest BCUT2D eigenvalue weighted by Gasteiger charge is 2.34. The van der Waals surface area contributed by atoms with Crippen molar-refractivity contribution in [1.82, 2.24) is 4.98 Å². The first kappa shape index (κ1) is 15.2. The first-order chi connectivity index (χ1) is 9.97. The summed E-state index contributed by atoms with van der Waals surface area (Å²) in [5.41, 5.74) is -1.26. The topological polar surface area (TPSA) is 126 Å². The molecular weight excluding hydrogens is 278 g/mol. The number of carboxylic acids is 1. The molecule has 0 radical (unpaired) electrons. The second kappa shape index (κ2) is 6.04. The Bertz CT molecular complexity index is 555. The molecule has 0 unspecified atom stereocenters. The van der Waals surface area contributed by atoms with E-state index < -0.39 is 22.1 Å². The first-order valence-corrected chi connectivity index (χ1v) is 6.74. The predicted octanol–water partition coefficient (Wildman–Crippen LogP) is 1.80. The number of rotatable bonds is 5. The molecule has 0 saturated heterocycles. The standard InChI is InChI=1S/C13H17N3O5/c17-8-13(4-2-1-3-5-13)15-11-10(16(20)21)6-9(7-14-11)12(18)19/h6-7,17H,1-5,8H2,(H,14,15)(H,18,19). The van der Waals surface area contributed by atoms with Gasteiger partial charge in [0, 0.05) is 12.3 Å².